The number of alkyl halides is 1. The van der Waals surface area contributed by atoms with Crippen LogP contribution in [0.1, 0.15) is 30.6 Å². The maximum Gasteiger partial charge on any atom is 0.251 e. The molecule has 2 aliphatic rings. The summed E-state index contributed by atoms with van der Waals surface area (Å²) in [5, 5.41) is 2.75. The predicted octanol–water partition coefficient (Wildman–Crippen LogP) is 1.35. The predicted molar refractivity (Wildman–Crippen MR) is 92.3 cm³/mol. The largest absolute Gasteiger partial charge is 0.365 e. The topological polar surface area (TPSA) is 75.7 Å². The van der Waals surface area contributed by atoms with Gasteiger partial charge in [-0.05, 0) is 24.5 Å². The number of fused-ring (bicyclic) bond motifs is 1. The second-order valence-electron chi connectivity index (χ2n) is 7.21. The van der Waals surface area contributed by atoms with Gasteiger partial charge in [0.1, 0.15) is 31.0 Å². The highest BCUT2D eigenvalue weighted by Gasteiger charge is 2.53. The SMILES string of the molecule is CC(C)C[C@H](NC(=O)c1ccccc1)C(=O)N1C[C@H](F)[C@H]2OCC(=O)[C@H]21. The highest BCUT2D eigenvalue weighted by Crippen LogP contribution is 2.30. The molecule has 2 fully saturated rings. The third-order valence-electron chi connectivity index (χ3n) is 4.75. The Hall–Kier alpha value is -2.28. The van der Waals surface area contributed by atoms with E-state index in [1.807, 2.05) is 13.8 Å². The van der Waals surface area contributed by atoms with Gasteiger partial charge in [0.05, 0.1) is 6.54 Å². The Morgan fingerprint density at radius 1 is 1.31 bits per heavy atom. The number of benzene rings is 1. The summed E-state index contributed by atoms with van der Waals surface area (Å²) in [5.41, 5.74) is 0.442. The van der Waals surface area contributed by atoms with Crippen LogP contribution in [0, 0.1) is 5.92 Å². The van der Waals surface area contributed by atoms with Crippen molar-refractivity contribution in [3.8, 4) is 0 Å². The maximum atomic E-state index is 14.2. The van der Waals surface area contributed by atoms with Gasteiger partial charge in [-0.1, -0.05) is 32.0 Å². The Morgan fingerprint density at radius 2 is 2.00 bits per heavy atom. The summed E-state index contributed by atoms with van der Waals surface area (Å²) in [6, 6.07) is 6.88. The molecule has 0 spiro atoms. The molecular formula is C19H23FN2O4. The molecule has 2 saturated heterocycles. The van der Waals surface area contributed by atoms with Crippen LogP contribution in [0.4, 0.5) is 4.39 Å². The first kappa shape index (κ1) is 18.5. The number of ketones is 1. The summed E-state index contributed by atoms with van der Waals surface area (Å²) >= 11 is 0. The molecule has 0 bridgehead atoms. The summed E-state index contributed by atoms with van der Waals surface area (Å²) < 4.78 is 19.3. The lowest BCUT2D eigenvalue weighted by atomic mass is 10.0. The van der Waals surface area contributed by atoms with E-state index in [0.29, 0.717) is 12.0 Å². The number of ether oxygens (including phenoxy) is 1. The monoisotopic (exact) mass is 362 g/mol. The number of rotatable bonds is 5. The molecule has 140 valence electrons. The van der Waals surface area contributed by atoms with Crippen molar-refractivity contribution in [2.24, 2.45) is 5.92 Å². The summed E-state index contributed by atoms with van der Waals surface area (Å²) in [6.45, 7) is 3.51. The molecule has 2 aliphatic heterocycles. The molecule has 26 heavy (non-hydrogen) atoms. The minimum absolute atomic E-state index is 0.134. The van der Waals surface area contributed by atoms with Crippen molar-refractivity contribution < 1.29 is 23.5 Å². The molecule has 1 N–H and O–H groups in total. The number of hydrogen-bond donors (Lipinski definition) is 1. The van der Waals surface area contributed by atoms with E-state index in [-0.39, 0.29) is 30.8 Å². The van der Waals surface area contributed by atoms with Gasteiger partial charge in [-0.15, -0.1) is 0 Å². The summed E-state index contributed by atoms with van der Waals surface area (Å²) in [4.78, 5) is 38.8. The standard InChI is InChI=1S/C19H23FN2O4/c1-11(2)8-14(21-18(24)12-6-4-3-5-7-12)19(25)22-9-13(20)17-16(22)15(23)10-26-17/h3-7,11,13-14,16-17H,8-10H2,1-2H3,(H,21,24)/t13-,14-,16+,17+/m0/s1. The first-order valence-corrected chi connectivity index (χ1v) is 8.83. The van der Waals surface area contributed by atoms with Gasteiger partial charge < -0.3 is 15.0 Å². The van der Waals surface area contributed by atoms with Gasteiger partial charge in [-0.3, -0.25) is 14.4 Å². The Kier molecular flexibility index (Phi) is 5.36. The van der Waals surface area contributed by atoms with E-state index < -0.39 is 30.3 Å². The number of amides is 2. The lowest BCUT2D eigenvalue weighted by molar-refractivity contribution is -0.138. The molecule has 7 heteroatoms. The number of likely N-dealkylation sites (tertiary alicyclic amines) is 1. The molecule has 6 nitrogen and oxygen atoms in total. The van der Waals surface area contributed by atoms with Crippen LogP contribution in [0.3, 0.4) is 0 Å². The van der Waals surface area contributed by atoms with Crippen molar-refractivity contribution in [1.82, 2.24) is 10.2 Å². The van der Waals surface area contributed by atoms with E-state index in [1.165, 1.54) is 4.90 Å². The third kappa shape index (κ3) is 3.62. The van der Waals surface area contributed by atoms with Gasteiger partial charge in [0.2, 0.25) is 5.91 Å². The molecule has 0 saturated carbocycles. The Labute approximate surface area is 151 Å². The zero-order chi connectivity index (χ0) is 18.8. The molecule has 0 unspecified atom stereocenters. The lowest BCUT2D eigenvalue weighted by Crippen LogP contribution is -2.52. The zero-order valence-corrected chi connectivity index (χ0v) is 14.9. The molecule has 1 aromatic rings. The molecule has 4 atom stereocenters. The van der Waals surface area contributed by atoms with Gasteiger partial charge in [-0.25, -0.2) is 4.39 Å². The van der Waals surface area contributed by atoms with Crippen molar-refractivity contribution >= 4 is 17.6 Å². The minimum atomic E-state index is -1.39. The van der Waals surface area contributed by atoms with Crippen LogP contribution < -0.4 is 5.32 Å². The summed E-state index contributed by atoms with van der Waals surface area (Å²) in [5.74, 6) is -0.959. The van der Waals surface area contributed by atoms with Gasteiger partial charge in [0.15, 0.2) is 5.78 Å². The fraction of sp³-hybridized carbons (Fsp3) is 0.526. The highest BCUT2D eigenvalue weighted by atomic mass is 19.1. The summed E-state index contributed by atoms with van der Waals surface area (Å²) in [7, 11) is 0. The lowest BCUT2D eigenvalue weighted by Gasteiger charge is -2.28. The Balaban J connectivity index is 1.78. The van der Waals surface area contributed by atoms with Crippen molar-refractivity contribution in [2.45, 2.75) is 44.6 Å². The van der Waals surface area contributed by atoms with Crippen molar-refractivity contribution in [3.63, 3.8) is 0 Å². The van der Waals surface area contributed by atoms with Crippen LogP contribution in [-0.2, 0) is 14.3 Å². The second-order valence-corrected chi connectivity index (χ2v) is 7.21. The van der Waals surface area contributed by atoms with Crippen LogP contribution in [0.25, 0.3) is 0 Å². The molecule has 2 amide bonds. The quantitative estimate of drug-likeness (QED) is 0.858. The van der Waals surface area contributed by atoms with Gasteiger partial charge in [0, 0.05) is 5.56 Å². The van der Waals surface area contributed by atoms with Crippen LogP contribution >= 0.6 is 0 Å². The van der Waals surface area contributed by atoms with Crippen LogP contribution in [0.2, 0.25) is 0 Å². The first-order chi connectivity index (χ1) is 12.4. The average Bonchev–Trinajstić information content (AvgIpc) is 3.15. The minimum Gasteiger partial charge on any atom is -0.365 e. The average molecular weight is 362 g/mol. The second kappa shape index (κ2) is 7.53. The third-order valence-corrected chi connectivity index (χ3v) is 4.75. The van der Waals surface area contributed by atoms with Crippen LogP contribution in [-0.4, -0.2) is 60.0 Å². The number of Topliss-reactive ketones (excluding diaryl/α,β-unsaturated/α-hetero) is 1. The normalized spacial score (nSPS) is 26.1. The number of carbonyl (C=O) groups excluding carboxylic acids is 3. The number of nitrogens with one attached hydrogen (secondary N) is 1. The van der Waals surface area contributed by atoms with E-state index in [9.17, 15) is 18.8 Å². The van der Waals surface area contributed by atoms with E-state index in [1.54, 1.807) is 30.3 Å². The van der Waals surface area contributed by atoms with E-state index >= 15 is 0 Å². The number of hydrogen-bond acceptors (Lipinski definition) is 4. The highest BCUT2D eigenvalue weighted by molar-refractivity contribution is 5.99. The van der Waals surface area contributed by atoms with E-state index in [4.69, 9.17) is 4.74 Å². The molecule has 0 aliphatic carbocycles. The Morgan fingerprint density at radius 3 is 2.65 bits per heavy atom. The maximum absolute atomic E-state index is 14.2. The Bertz CT molecular complexity index is 694. The fourth-order valence-electron chi connectivity index (χ4n) is 3.55. The molecule has 2 heterocycles. The van der Waals surface area contributed by atoms with E-state index in [0.717, 1.165) is 0 Å². The van der Waals surface area contributed by atoms with Crippen molar-refractivity contribution in [2.75, 3.05) is 13.2 Å². The summed E-state index contributed by atoms with van der Waals surface area (Å²) in [6.07, 6.45) is -1.88. The molecule has 0 aromatic heterocycles. The molecule has 0 radical (unpaired) electrons. The van der Waals surface area contributed by atoms with E-state index in [2.05, 4.69) is 5.32 Å². The smallest absolute Gasteiger partial charge is 0.251 e. The molecule has 3 rings (SSSR count). The number of halogens is 1. The number of nitrogens with zero attached hydrogens (tertiary/aromatic N) is 1. The van der Waals surface area contributed by atoms with Gasteiger partial charge >= 0.3 is 0 Å². The molecule has 1 aromatic carbocycles. The zero-order valence-electron chi connectivity index (χ0n) is 14.9. The van der Waals surface area contributed by atoms with Gasteiger partial charge in [0.25, 0.3) is 5.91 Å². The first-order valence-electron chi connectivity index (χ1n) is 8.83. The fourth-order valence-corrected chi connectivity index (χ4v) is 3.55. The van der Waals surface area contributed by atoms with Gasteiger partial charge in [-0.2, -0.15) is 0 Å². The number of carbonyl (C=O) groups is 3. The van der Waals surface area contributed by atoms with Crippen LogP contribution in [0.5, 0.6) is 0 Å². The van der Waals surface area contributed by atoms with Crippen molar-refractivity contribution in [3.05, 3.63) is 35.9 Å². The van der Waals surface area contributed by atoms with Crippen LogP contribution in [0.15, 0.2) is 30.3 Å². The molecular weight excluding hydrogens is 339 g/mol. The van der Waals surface area contributed by atoms with Crippen molar-refractivity contribution in [1.29, 1.82) is 0 Å².